The summed E-state index contributed by atoms with van der Waals surface area (Å²) in [4.78, 5) is 25.3. The first-order valence-electron chi connectivity index (χ1n) is 6.65. The molecule has 1 heterocycles. The van der Waals surface area contributed by atoms with E-state index in [1.54, 1.807) is 24.3 Å². The van der Waals surface area contributed by atoms with Crippen LogP contribution in [0.1, 0.15) is 10.4 Å². The molecule has 0 saturated carbocycles. The van der Waals surface area contributed by atoms with Gasteiger partial charge in [0.15, 0.2) is 0 Å². The number of rotatable bonds is 6. The Labute approximate surface area is 133 Å². The zero-order valence-electron chi connectivity index (χ0n) is 13.3. The number of benzene rings is 1. The molecule has 0 aliphatic heterocycles. The number of ether oxygens (including phenoxy) is 3. The highest BCUT2D eigenvalue weighted by Crippen LogP contribution is 2.27. The van der Waals surface area contributed by atoms with Crippen molar-refractivity contribution in [1.82, 2.24) is 15.0 Å². The van der Waals surface area contributed by atoms with E-state index in [-0.39, 0.29) is 29.4 Å². The Kier molecular flexibility index (Phi) is 5.32. The molecule has 0 atom stereocenters. The van der Waals surface area contributed by atoms with Crippen LogP contribution in [0.25, 0.3) is 0 Å². The summed E-state index contributed by atoms with van der Waals surface area (Å²) in [7, 11) is 5.84. The lowest BCUT2D eigenvalue weighted by atomic mass is 10.2. The molecule has 0 N–H and O–H groups in total. The molecule has 0 unspecified atom stereocenters. The highest BCUT2D eigenvalue weighted by atomic mass is 16.7. The number of amides is 1. The van der Waals surface area contributed by atoms with Crippen molar-refractivity contribution in [2.24, 2.45) is 0 Å². The molecular weight excluding hydrogens is 302 g/mol. The highest BCUT2D eigenvalue weighted by molar-refractivity contribution is 5.96. The van der Waals surface area contributed by atoms with Gasteiger partial charge < -0.3 is 14.2 Å². The van der Waals surface area contributed by atoms with E-state index in [2.05, 4.69) is 9.97 Å². The summed E-state index contributed by atoms with van der Waals surface area (Å²) in [6, 6.07) is 8.22. The number of hydrogen-bond acceptors (Lipinski definition) is 7. The first-order chi connectivity index (χ1) is 11.1. The Morgan fingerprint density at radius 1 is 1.04 bits per heavy atom. The van der Waals surface area contributed by atoms with E-state index in [0.717, 1.165) is 5.06 Å². The van der Waals surface area contributed by atoms with Crippen molar-refractivity contribution in [3.05, 3.63) is 35.9 Å². The molecule has 2 rings (SSSR count). The summed E-state index contributed by atoms with van der Waals surface area (Å²) in [6.45, 7) is 0. The standard InChI is InChI=1S/C15H17N3O5/c1-18(22-4)14(19)10-7-5-6-8-11(10)23-15-16-12(20-2)9-13(17-15)21-3/h5-9H,1-4H3. The topological polar surface area (TPSA) is 83.0 Å². The van der Waals surface area contributed by atoms with Crippen LogP contribution in [-0.2, 0) is 4.84 Å². The van der Waals surface area contributed by atoms with Gasteiger partial charge in [-0.3, -0.25) is 9.63 Å². The number of para-hydroxylation sites is 1. The molecule has 8 heteroatoms. The van der Waals surface area contributed by atoms with Crippen LogP contribution in [0.3, 0.4) is 0 Å². The molecule has 122 valence electrons. The fraction of sp³-hybridized carbons (Fsp3) is 0.267. The van der Waals surface area contributed by atoms with Crippen molar-refractivity contribution in [3.63, 3.8) is 0 Å². The molecule has 0 fully saturated rings. The number of hydrogen-bond donors (Lipinski definition) is 0. The van der Waals surface area contributed by atoms with Crippen molar-refractivity contribution >= 4 is 5.91 Å². The molecule has 0 spiro atoms. The minimum atomic E-state index is -0.363. The third kappa shape index (κ3) is 3.86. The summed E-state index contributed by atoms with van der Waals surface area (Å²) < 4.78 is 15.7. The fourth-order valence-electron chi connectivity index (χ4n) is 1.72. The van der Waals surface area contributed by atoms with E-state index >= 15 is 0 Å². The van der Waals surface area contributed by atoms with Gasteiger partial charge in [-0.05, 0) is 12.1 Å². The maximum Gasteiger partial charge on any atom is 0.328 e. The van der Waals surface area contributed by atoms with Crippen LogP contribution in [-0.4, -0.2) is 49.3 Å². The average Bonchev–Trinajstić information content (AvgIpc) is 2.60. The van der Waals surface area contributed by atoms with Crippen LogP contribution in [0, 0.1) is 0 Å². The zero-order chi connectivity index (χ0) is 16.8. The molecule has 23 heavy (non-hydrogen) atoms. The lowest BCUT2D eigenvalue weighted by Gasteiger charge is -2.16. The normalized spacial score (nSPS) is 10.1. The molecule has 1 amide bonds. The molecule has 0 aliphatic rings. The van der Waals surface area contributed by atoms with Crippen LogP contribution in [0.2, 0.25) is 0 Å². The van der Waals surface area contributed by atoms with Crippen molar-refractivity contribution in [2.45, 2.75) is 0 Å². The third-order valence-corrected chi connectivity index (χ3v) is 2.96. The van der Waals surface area contributed by atoms with Gasteiger partial charge in [-0.25, -0.2) is 5.06 Å². The predicted octanol–water partition coefficient (Wildman–Crippen LogP) is 1.92. The number of carbonyl (C=O) groups is 1. The molecule has 0 saturated heterocycles. The van der Waals surface area contributed by atoms with E-state index < -0.39 is 0 Å². The molecule has 0 bridgehead atoms. The molecule has 0 radical (unpaired) electrons. The van der Waals surface area contributed by atoms with Gasteiger partial charge in [0.1, 0.15) is 5.75 Å². The first-order valence-corrected chi connectivity index (χ1v) is 6.65. The Balaban J connectivity index is 2.36. The summed E-state index contributed by atoms with van der Waals surface area (Å²) in [5, 5.41) is 1.09. The number of aromatic nitrogens is 2. The second kappa shape index (κ2) is 7.41. The Morgan fingerprint density at radius 3 is 2.22 bits per heavy atom. The van der Waals surface area contributed by atoms with Crippen molar-refractivity contribution in [1.29, 1.82) is 0 Å². The fourth-order valence-corrected chi connectivity index (χ4v) is 1.72. The Morgan fingerprint density at radius 2 is 1.65 bits per heavy atom. The average molecular weight is 319 g/mol. The predicted molar refractivity (Wildman–Crippen MR) is 80.8 cm³/mol. The lowest BCUT2D eigenvalue weighted by Crippen LogP contribution is -2.25. The van der Waals surface area contributed by atoms with Crippen molar-refractivity contribution < 1.29 is 23.8 Å². The zero-order valence-corrected chi connectivity index (χ0v) is 13.3. The molecule has 0 aliphatic carbocycles. The maximum atomic E-state index is 12.3. The monoisotopic (exact) mass is 319 g/mol. The van der Waals surface area contributed by atoms with E-state index in [0.29, 0.717) is 5.56 Å². The summed E-state index contributed by atoms with van der Waals surface area (Å²) in [6.07, 6.45) is 0. The van der Waals surface area contributed by atoms with Gasteiger partial charge in [0.05, 0.1) is 33.0 Å². The maximum absolute atomic E-state index is 12.3. The first kappa shape index (κ1) is 16.5. The van der Waals surface area contributed by atoms with Gasteiger partial charge in [0.25, 0.3) is 5.91 Å². The van der Waals surface area contributed by atoms with Gasteiger partial charge in [-0.1, -0.05) is 12.1 Å². The van der Waals surface area contributed by atoms with E-state index in [9.17, 15) is 4.79 Å². The smallest absolute Gasteiger partial charge is 0.328 e. The van der Waals surface area contributed by atoms with Crippen LogP contribution in [0.4, 0.5) is 0 Å². The second-order valence-corrected chi connectivity index (χ2v) is 4.32. The Hall–Kier alpha value is -2.87. The minimum Gasteiger partial charge on any atom is -0.481 e. The largest absolute Gasteiger partial charge is 0.481 e. The van der Waals surface area contributed by atoms with E-state index in [4.69, 9.17) is 19.0 Å². The lowest BCUT2D eigenvalue weighted by molar-refractivity contribution is -0.0758. The highest BCUT2D eigenvalue weighted by Gasteiger charge is 2.18. The third-order valence-electron chi connectivity index (χ3n) is 2.96. The van der Waals surface area contributed by atoms with Gasteiger partial charge in [0, 0.05) is 7.05 Å². The van der Waals surface area contributed by atoms with Crippen LogP contribution >= 0.6 is 0 Å². The molecule has 1 aromatic carbocycles. The second-order valence-electron chi connectivity index (χ2n) is 4.32. The number of nitrogens with zero attached hydrogens (tertiary/aromatic N) is 3. The minimum absolute atomic E-state index is 0.00141. The molecular formula is C15H17N3O5. The quantitative estimate of drug-likeness (QED) is 0.752. The summed E-state index contributed by atoms with van der Waals surface area (Å²) >= 11 is 0. The van der Waals surface area contributed by atoms with Crippen molar-refractivity contribution in [3.8, 4) is 23.5 Å². The van der Waals surface area contributed by atoms with Crippen LogP contribution < -0.4 is 14.2 Å². The van der Waals surface area contributed by atoms with E-state index in [1.807, 2.05) is 0 Å². The number of methoxy groups -OCH3 is 2. The molecule has 1 aromatic heterocycles. The summed E-state index contributed by atoms with van der Waals surface area (Å²) in [5.74, 6) is 0.490. The molecule has 8 nitrogen and oxygen atoms in total. The number of carbonyl (C=O) groups excluding carboxylic acids is 1. The SMILES string of the molecule is COc1cc(OC)nc(Oc2ccccc2C(=O)N(C)OC)n1. The van der Waals surface area contributed by atoms with Gasteiger partial charge in [0.2, 0.25) is 11.8 Å². The van der Waals surface area contributed by atoms with E-state index in [1.165, 1.54) is 34.4 Å². The number of hydroxylamine groups is 2. The van der Waals surface area contributed by atoms with Gasteiger partial charge >= 0.3 is 6.01 Å². The molecule has 2 aromatic rings. The van der Waals surface area contributed by atoms with Crippen LogP contribution in [0.5, 0.6) is 23.5 Å². The van der Waals surface area contributed by atoms with Crippen LogP contribution in [0.15, 0.2) is 30.3 Å². The van der Waals surface area contributed by atoms with Gasteiger partial charge in [-0.2, -0.15) is 9.97 Å². The summed E-state index contributed by atoms with van der Waals surface area (Å²) in [5.41, 5.74) is 0.308. The van der Waals surface area contributed by atoms with Crippen molar-refractivity contribution in [2.75, 3.05) is 28.4 Å². The Bertz CT molecular complexity index is 670. The van der Waals surface area contributed by atoms with Gasteiger partial charge in [-0.15, -0.1) is 0 Å².